The van der Waals surface area contributed by atoms with Gasteiger partial charge in [0.1, 0.15) is 5.01 Å². The van der Waals surface area contributed by atoms with Crippen LogP contribution in [0.1, 0.15) is 5.69 Å². The molecule has 23 heavy (non-hydrogen) atoms. The molecule has 4 nitrogen and oxygen atoms in total. The van der Waals surface area contributed by atoms with E-state index in [1.165, 1.54) is 11.3 Å². The van der Waals surface area contributed by atoms with Crippen LogP contribution in [0.2, 0.25) is 10.0 Å². The van der Waals surface area contributed by atoms with Crippen molar-refractivity contribution in [2.45, 2.75) is 6.42 Å². The number of halogens is 2. The van der Waals surface area contributed by atoms with Crippen molar-refractivity contribution < 1.29 is 4.79 Å². The van der Waals surface area contributed by atoms with E-state index in [4.69, 9.17) is 23.2 Å². The summed E-state index contributed by atoms with van der Waals surface area (Å²) >= 11 is 13.3. The summed E-state index contributed by atoms with van der Waals surface area (Å²) in [5, 5.41) is 6.35. The topological polar surface area (TPSA) is 54.9 Å². The second kappa shape index (κ2) is 7.08. The van der Waals surface area contributed by atoms with Gasteiger partial charge in [0.2, 0.25) is 5.91 Å². The normalized spacial score (nSPS) is 10.5. The Labute approximate surface area is 147 Å². The maximum atomic E-state index is 12.1. The van der Waals surface area contributed by atoms with E-state index < -0.39 is 0 Å². The molecule has 116 valence electrons. The predicted molar refractivity (Wildman–Crippen MR) is 94.1 cm³/mol. The molecule has 1 amide bonds. The monoisotopic (exact) mass is 363 g/mol. The van der Waals surface area contributed by atoms with Crippen molar-refractivity contribution in [2.75, 3.05) is 5.32 Å². The van der Waals surface area contributed by atoms with E-state index in [2.05, 4.69) is 15.3 Å². The highest BCUT2D eigenvalue weighted by Crippen LogP contribution is 2.24. The van der Waals surface area contributed by atoms with Gasteiger partial charge in [-0.2, -0.15) is 0 Å². The van der Waals surface area contributed by atoms with Crippen LogP contribution in [0.15, 0.2) is 48.0 Å². The maximum Gasteiger partial charge on any atom is 0.230 e. The third kappa shape index (κ3) is 4.28. The van der Waals surface area contributed by atoms with Crippen LogP contribution in [-0.4, -0.2) is 15.9 Å². The Morgan fingerprint density at radius 2 is 1.96 bits per heavy atom. The van der Waals surface area contributed by atoms with Crippen molar-refractivity contribution in [3.05, 3.63) is 63.7 Å². The molecule has 0 atom stereocenters. The van der Waals surface area contributed by atoms with E-state index in [-0.39, 0.29) is 12.3 Å². The second-order valence-corrected chi connectivity index (χ2v) is 6.47. The fourth-order valence-corrected chi connectivity index (χ4v) is 3.31. The number of nitrogens with one attached hydrogen (secondary N) is 1. The summed E-state index contributed by atoms with van der Waals surface area (Å²) in [6.07, 6.45) is 1.89. The van der Waals surface area contributed by atoms with Crippen molar-refractivity contribution in [1.29, 1.82) is 0 Å². The first-order chi connectivity index (χ1) is 11.1. The number of amides is 1. The number of nitrogens with zero attached hydrogens (tertiary/aromatic N) is 2. The van der Waals surface area contributed by atoms with Gasteiger partial charge in [-0.1, -0.05) is 29.3 Å². The molecule has 3 rings (SSSR count). The quantitative estimate of drug-likeness (QED) is 0.731. The zero-order chi connectivity index (χ0) is 16.2. The van der Waals surface area contributed by atoms with Crippen molar-refractivity contribution in [2.24, 2.45) is 0 Å². The van der Waals surface area contributed by atoms with Gasteiger partial charge in [0.25, 0.3) is 0 Å². The molecular weight excluding hydrogens is 353 g/mol. The van der Waals surface area contributed by atoms with E-state index in [1.54, 1.807) is 24.4 Å². The Morgan fingerprint density at radius 1 is 1.17 bits per heavy atom. The SMILES string of the molecule is O=C(Cc1csc(-c2ccccn2)n1)Nc1cc(Cl)cc(Cl)c1. The van der Waals surface area contributed by atoms with Crippen LogP contribution in [0, 0.1) is 0 Å². The minimum Gasteiger partial charge on any atom is -0.326 e. The van der Waals surface area contributed by atoms with Crippen molar-refractivity contribution in [1.82, 2.24) is 9.97 Å². The summed E-state index contributed by atoms with van der Waals surface area (Å²) in [4.78, 5) is 20.8. The summed E-state index contributed by atoms with van der Waals surface area (Å²) in [6, 6.07) is 10.5. The summed E-state index contributed by atoms with van der Waals surface area (Å²) in [6.45, 7) is 0. The highest BCUT2D eigenvalue weighted by Gasteiger charge is 2.10. The van der Waals surface area contributed by atoms with Gasteiger partial charge in [-0.25, -0.2) is 4.98 Å². The number of pyridine rings is 1. The maximum absolute atomic E-state index is 12.1. The molecule has 2 heterocycles. The fraction of sp³-hybridized carbons (Fsp3) is 0.0625. The highest BCUT2D eigenvalue weighted by molar-refractivity contribution is 7.13. The Hall–Kier alpha value is -1.95. The summed E-state index contributed by atoms with van der Waals surface area (Å²) in [5.41, 5.74) is 2.06. The minimum absolute atomic E-state index is 0.174. The second-order valence-electron chi connectivity index (χ2n) is 4.74. The van der Waals surface area contributed by atoms with Crippen molar-refractivity contribution in [3.8, 4) is 10.7 Å². The van der Waals surface area contributed by atoms with Crippen LogP contribution >= 0.6 is 34.5 Å². The molecule has 3 aromatic rings. The van der Waals surface area contributed by atoms with Gasteiger partial charge < -0.3 is 5.32 Å². The molecule has 0 saturated carbocycles. The standard InChI is InChI=1S/C16H11Cl2N3OS/c17-10-5-11(18)7-12(6-10)20-15(22)8-13-9-23-16(21-13)14-3-1-2-4-19-14/h1-7,9H,8H2,(H,20,22). The molecule has 0 saturated heterocycles. The fourth-order valence-electron chi connectivity index (χ4n) is 1.99. The smallest absolute Gasteiger partial charge is 0.230 e. The Balaban J connectivity index is 1.68. The number of anilines is 1. The van der Waals surface area contributed by atoms with Crippen LogP contribution in [0.4, 0.5) is 5.69 Å². The predicted octanol–water partition coefficient (Wildman–Crippen LogP) is 4.69. The molecule has 1 N–H and O–H groups in total. The number of benzene rings is 1. The van der Waals surface area contributed by atoms with Gasteiger partial charge >= 0.3 is 0 Å². The van der Waals surface area contributed by atoms with Gasteiger partial charge in [0, 0.05) is 27.3 Å². The van der Waals surface area contributed by atoms with Crippen LogP contribution in [0.3, 0.4) is 0 Å². The molecule has 0 aliphatic rings. The molecule has 0 aliphatic heterocycles. The molecule has 2 aromatic heterocycles. The average Bonchev–Trinajstić information content (AvgIpc) is 2.95. The number of hydrogen-bond donors (Lipinski definition) is 1. The summed E-state index contributed by atoms with van der Waals surface area (Å²) in [5.74, 6) is -0.179. The van der Waals surface area contributed by atoms with Crippen LogP contribution < -0.4 is 5.32 Å². The molecule has 7 heteroatoms. The number of carbonyl (C=O) groups excluding carboxylic acids is 1. The summed E-state index contributed by atoms with van der Waals surface area (Å²) in [7, 11) is 0. The minimum atomic E-state index is -0.179. The molecule has 0 spiro atoms. The Kier molecular flexibility index (Phi) is 4.91. The molecule has 0 radical (unpaired) electrons. The van der Waals surface area contributed by atoms with E-state index >= 15 is 0 Å². The lowest BCUT2D eigenvalue weighted by atomic mass is 10.3. The zero-order valence-corrected chi connectivity index (χ0v) is 14.1. The first-order valence-corrected chi connectivity index (χ1v) is 8.35. The zero-order valence-electron chi connectivity index (χ0n) is 11.8. The van der Waals surface area contributed by atoms with Crippen LogP contribution in [0.5, 0.6) is 0 Å². The van der Waals surface area contributed by atoms with Gasteiger partial charge in [0.05, 0.1) is 17.8 Å². The number of carbonyl (C=O) groups is 1. The number of aromatic nitrogens is 2. The lowest BCUT2D eigenvalue weighted by molar-refractivity contribution is -0.115. The lowest BCUT2D eigenvalue weighted by Gasteiger charge is -2.05. The molecule has 0 aliphatic carbocycles. The van der Waals surface area contributed by atoms with Crippen molar-refractivity contribution >= 4 is 46.1 Å². The van der Waals surface area contributed by atoms with E-state index in [1.807, 2.05) is 23.6 Å². The summed E-state index contributed by atoms with van der Waals surface area (Å²) < 4.78 is 0. The van der Waals surface area contributed by atoms with Gasteiger partial charge in [-0.05, 0) is 30.3 Å². The first-order valence-electron chi connectivity index (χ1n) is 6.72. The lowest BCUT2D eigenvalue weighted by Crippen LogP contribution is -2.14. The average molecular weight is 364 g/mol. The third-order valence-corrected chi connectivity index (χ3v) is 4.27. The number of thiazole rings is 1. The van der Waals surface area contributed by atoms with Gasteiger partial charge in [0.15, 0.2) is 0 Å². The highest BCUT2D eigenvalue weighted by atomic mass is 35.5. The Bertz CT molecular complexity index is 816. The molecule has 0 bridgehead atoms. The van der Waals surface area contributed by atoms with Crippen molar-refractivity contribution in [3.63, 3.8) is 0 Å². The van der Waals surface area contributed by atoms with Crippen LogP contribution in [-0.2, 0) is 11.2 Å². The van der Waals surface area contributed by atoms with E-state index in [0.717, 1.165) is 10.7 Å². The first kappa shape index (κ1) is 15.9. The van der Waals surface area contributed by atoms with Gasteiger partial charge in [-0.3, -0.25) is 9.78 Å². The Morgan fingerprint density at radius 3 is 2.65 bits per heavy atom. The van der Waals surface area contributed by atoms with E-state index in [9.17, 15) is 4.79 Å². The van der Waals surface area contributed by atoms with Crippen LogP contribution in [0.25, 0.3) is 10.7 Å². The molecule has 0 unspecified atom stereocenters. The molecule has 0 fully saturated rings. The van der Waals surface area contributed by atoms with E-state index in [0.29, 0.717) is 21.4 Å². The molecule has 1 aromatic carbocycles. The number of rotatable bonds is 4. The largest absolute Gasteiger partial charge is 0.326 e. The number of hydrogen-bond acceptors (Lipinski definition) is 4. The van der Waals surface area contributed by atoms with Gasteiger partial charge in [-0.15, -0.1) is 11.3 Å². The third-order valence-electron chi connectivity index (χ3n) is 2.92. The molecular formula is C16H11Cl2N3OS.